The zero-order valence-corrected chi connectivity index (χ0v) is 38.2. The number of nitrogens with one attached hydrogen (secondary N) is 3. The van der Waals surface area contributed by atoms with Crippen LogP contribution in [0.2, 0.25) is 5.02 Å². The Balaban J connectivity index is 1.10. The van der Waals surface area contributed by atoms with Crippen molar-refractivity contribution in [2.24, 2.45) is 23.2 Å². The largest absolute Gasteiger partial charge is 0.491 e. The monoisotopic (exact) mass is 905 g/mol. The summed E-state index contributed by atoms with van der Waals surface area (Å²) in [7, 11) is 1.26. The van der Waals surface area contributed by atoms with Gasteiger partial charge in [-0.05, 0) is 68.9 Å². The molecule has 0 radical (unpaired) electrons. The molecule has 346 valence electrons. The SMILES string of the molecule is C=C[C@@H]1CC1(NC(=O)[C@@H]1CC(Oc2cc(-c3coc(NC(C)C)n3)nc3c(Cl)c(OCCN4CCOCC4)ccc23)CN1C(=O)[C@@H](NC(=O)OC1C[C@@H]2C[C@@H]2C1)C(C)(C)C)C(=O)OC. The highest BCUT2D eigenvalue weighted by Crippen LogP contribution is 2.52. The van der Waals surface area contributed by atoms with Crippen LogP contribution in [-0.2, 0) is 28.6 Å². The average Bonchev–Trinajstić information content (AvgIpc) is 3.92. The summed E-state index contributed by atoms with van der Waals surface area (Å²) in [6.45, 7) is 17.3. The number of benzene rings is 1. The fourth-order valence-corrected chi connectivity index (χ4v) is 9.54. The number of hydrogen-bond acceptors (Lipinski definition) is 14. The Labute approximate surface area is 378 Å². The molecule has 2 aliphatic heterocycles. The molecule has 17 nitrogen and oxygen atoms in total. The number of amides is 3. The van der Waals surface area contributed by atoms with E-state index >= 15 is 0 Å². The lowest BCUT2D eigenvalue weighted by molar-refractivity contribution is -0.148. The van der Waals surface area contributed by atoms with Crippen molar-refractivity contribution >= 4 is 52.4 Å². The molecular formula is C46H60ClN7O10. The molecule has 3 aliphatic carbocycles. The summed E-state index contributed by atoms with van der Waals surface area (Å²) in [5.41, 5.74) is -0.903. The topological polar surface area (TPSA) is 196 Å². The zero-order valence-electron chi connectivity index (χ0n) is 37.4. The quantitative estimate of drug-likeness (QED) is 0.119. The molecule has 1 aromatic carbocycles. The molecule has 3 amide bonds. The first-order valence-electron chi connectivity index (χ1n) is 22.3. The van der Waals surface area contributed by atoms with Crippen LogP contribution < -0.4 is 25.4 Å². The van der Waals surface area contributed by atoms with E-state index in [-0.39, 0.29) is 36.1 Å². The maximum absolute atomic E-state index is 14.9. The number of oxazole rings is 1. The maximum Gasteiger partial charge on any atom is 0.408 e. The number of esters is 1. The van der Waals surface area contributed by atoms with E-state index in [2.05, 4.69) is 32.4 Å². The van der Waals surface area contributed by atoms with E-state index in [1.807, 2.05) is 40.7 Å². The van der Waals surface area contributed by atoms with Gasteiger partial charge in [-0.2, -0.15) is 4.98 Å². The van der Waals surface area contributed by atoms with Gasteiger partial charge in [0.05, 0.1) is 38.1 Å². The maximum atomic E-state index is 14.9. The molecule has 2 aromatic heterocycles. The standard InChI is InChI=1S/C46H60ClN7O10/c1-8-28-22-46(28,42(57)59-7)52-40(55)34-20-30(23-54(34)41(56)39(45(4,5)6)51-44(58)64-29-18-26-17-27(26)19-29)63-36-21-32(33-24-62-43(50-33)48-25(2)3)49-38-31(36)9-10-35(37(38)47)61-16-13-53-11-14-60-15-12-53/h8-10,21,24-30,34,39H,1,11-20,22-23H2,2-7H3,(H,48,50)(H,51,58)(H,52,55)/t26-,27+,28-,29?,30?,34+,39-,46?/m1/s1. The Kier molecular flexibility index (Phi) is 13.1. The van der Waals surface area contributed by atoms with E-state index in [4.69, 9.17) is 44.7 Å². The lowest BCUT2D eigenvalue weighted by Crippen LogP contribution is -2.59. The third-order valence-corrected chi connectivity index (χ3v) is 13.3. The van der Waals surface area contributed by atoms with Crippen molar-refractivity contribution in [2.45, 2.75) is 103 Å². The molecule has 5 aliphatic rings. The van der Waals surface area contributed by atoms with Crippen LogP contribution in [0.25, 0.3) is 22.3 Å². The van der Waals surface area contributed by atoms with Crippen molar-refractivity contribution in [3.05, 3.63) is 42.1 Å². The second-order valence-corrected chi connectivity index (χ2v) is 19.5. The van der Waals surface area contributed by atoms with Crippen LogP contribution in [-0.4, -0.2) is 133 Å². The number of rotatable bonds is 16. The number of methoxy groups -OCH3 is 1. The van der Waals surface area contributed by atoms with Crippen LogP contribution in [0.4, 0.5) is 10.8 Å². The molecule has 3 unspecified atom stereocenters. The molecule has 3 aromatic rings. The summed E-state index contributed by atoms with van der Waals surface area (Å²) < 4.78 is 35.1. The second kappa shape index (κ2) is 18.4. The van der Waals surface area contributed by atoms with Gasteiger partial charge in [-0.1, -0.05) is 38.4 Å². The number of aromatic nitrogens is 2. The fraction of sp³-hybridized carbons (Fsp3) is 0.609. The van der Waals surface area contributed by atoms with Crippen molar-refractivity contribution < 1.29 is 47.3 Å². The van der Waals surface area contributed by atoms with Gasteiger partial charge in [0.25, 0.3) is 6.01 Å². The molecule has 8 atom stereocenters. The van der Waals surface area contributed by atoms with Gasteiger partial charge < -0.3 is 49.0 Å². The van der Waals surface area contributed by atoms with Gasteiger partial charge in [-0.15, -0.1) is 6.58 Å². The summed E-state index contributed by atoms with van der Waals surface area (Å²) in [4.78, 5) is 69.0. The lowest BCUT2D eigenvalue weighted by atomic mass is 9.85. The van der Waals surface area contributed by atoms with E-state index in [1.54, 1.807) is 18.2 Å². The molecule has 5 fully saturated rings. The number of hydrogen-bond donors (Lipinski definition) is 3. The zero-order chi connectivity index (χ0) is 45.5. The van der Waals surface area contributed by atoms with Crippen molar-refractivity contribution in [2.75, 3.05) is 58.4 Å². The Hall–Kier alpha value is -5.13. The number of carbonyl (C=O) groups excluding carboxylic acids is 4. The van der Waals surface area contributed by atoms with Crippen molar-refractivity contribution in [3.63, 3.8) is 0 Å². The third kappa shape index (κ3) is 9.76. The number of anilines is 1. The van der Waals surface area contributed by atoms with Gasteiger partial charge in [0, 0.05) is 49.5 Å². The number of ether oxygens (including phenoxy) is 5. The molecule has 8 rings (SSSR count). The first-order chi connectivity index (χ1) is 30.6. The highest BCUT2D eigenvalue weighted by atomic mass is 35.5. The van der Waals surface area contributed by atoms with Gasteiger partial charge in [0.15, 0.2) is 0 Å². The van der Waals surface area contributed by atoms with Crippen molar-refractivity contribution in [1.29, 1.82) is 0 Å². The molecule has 4 heterocycles. The van der Waals surface area contributed by atoms with Gasteiger partial charge in [0.1, 0.15) is 64.9 Å². The average molecular weight is 906 g/mol. The normalized spacial score (nSPS) is 26.8. The molecule has 3 N–H and O–H groups in total. The first-order valence-corrected chi connectivity index (χ1v) is 22.7. The van der Waals surface area contributed by atoms with Crippen LogP contribution in [0.3, 0.4) is 0 Å². The highest BCUT2D eigenvalue weighted by Gasteiger charge is 2.62. The fourth-order valence-electron chi connectivity index (χ4n) is 9.28. The van der Waals surface area contributed by atoms with Crippen molar-refractivity contribution in [3.8, 4) is 22.9 Å². The Morgan fingerprint density at radius 2 is 1.78 bits per heavy atom. The number of likely N-dealkylation sites (tertiary alicyclic amines) is 1. The number of pyridine rings is 1. The summed E-state index contributed by atoms with van der Waals surface area (Å²) in [6.07, 6.45) is 4.62. The Morgan fingerprint density at radius 3 is 2.45 bits per heavy atom. The molecular weight excluding hydrogens is 846 g/mol. The number of alkyl carbamates (subject to hydrolysis) is 1. The Morgan fingerprint density at radius 1 is 1.03 bits per heavy atom. The van der Waals surface area contributed by atoms with E-state index in [0.29, 0.717) is 84.4 Å². The molecule has 0 bridgehead atoms. The van der Waals surface area contributed by atoms with Crippen LogP contribution in [0.5, 0.6) is 11.5 Å². The van der Waals surface area contributed by atoms with Crippen LogP contribution in [0.15, 0.2) is 41.5 Å². The van der Waals surface area contributed by atoms with Crippen molar-refractivity contribution in [1.82, 2.24) is 30.4 Å². The minimum atomic E-state index is -1.31. The van der Waals surface area contributed by atoms with Crippen LogP contribution in [0, 0.1) is 23.2 Å². The van der Waals surface area contributed by atoms with Gasteiger partial charge in [-0.25, -0.2) is 14.6 Å². The van der Waals surface area contributed by atoms with Crippen LogP contribution in [0.1, 0.15) is 66.7 Å². The molecule has 18 heteroatoms. The van der Waals surface area contributed by atoms with E-state index in [1.165, 1.54) is 24.7 Å². The number of morpholine rings is 1. The third-order valence-electron chi connectivity index (χ3n) is 13.0. The predicted molar refractivity (Wildman–Crippen MR) is 237 cm³/mol. The number of fused-ring (bicyclic) bond motifs is 2. The highest BCUT2D eigenvalue weighted by molar-refractivity contribution is 6.36. The van der Waals surface area contributed by atoms with Crippen LogP contribution >= 0.6 is 11.6 Å². The van der Waals surface area contributed by atoms with Gasteiger partial charge in [0.2, 0.25) is 11.8 Å². The minimum Gasteiger partial charge on any atom is -0.491 e. The number of carbonyl (C=O) groups is 4. The van der Waals surface area contributed by atoms with E-state index in [9.17, 15) is 19.2 Å². The first kappa shape index (κ1) is 45.4. The number of halogens is 1. The lowest BCUT2D eigenvalue weighted by Gasteiger charge is -2.35. The second-order valence-electron chi connectivity index (χ2n) is 19.1. The predicted octanol–water partition coefficient (Wildman–Crippen LogP) is 5.60. The van der Waals surface area contributed by atoms with E-state index < -0.39 is 53.0 Å². The van der Waals surface area contributed by atoms with Gasteiger partial charge in [-0.3, -0.25) is 14.5 Å². The smallest absolute Gasteiger partial charge is 0.408 e. The molecule has 3 saturated carbocycles. The van der Waals surface area contributed by atoms with E-state index in [0.717, 1.165) is 25.9 Å². The molecule has 64 heavy (non-hydrogen) atoms. The summed E-state index contributed by atoms with van der Waals surface area (Å²) in [6, 6.07) is 3.50. The summed E-state index contributed by atoms with van der Waals surface area (Å²) >= 11 is 7.10. The summed E-state index contributed by atoms with van der Waals surface area (Å²) in [5, 5.41) is 9.75. The molecule has 2 saturated heterocycles. The minimum absolute atomic E-state index is 0.0373. The summed E-state index contributed by atoms with van der Waals surface area (Å²) in [5.74, 6) is -0.0176. The molecule has 0 spiro atoms. The number of nitrogens with zero attached hydrogens (tertiary/aromatic N) is 4. The Bertz CT molecular complexity index is 2250. The van der Waals surface area contributed by atoms with Gasteiger partial charge >= 0.3 is 12.1 Å².